The molecule has 1 aliphatic heterocycles. The number of ether oxygens (including phenoxy) is 1. The van der Waals surface area contributed by atoms with Crippen molar-refractivity contribution in [2.45, 2.75) is 19.4 Å². The summed E-state index contributed by atoms with van der Waals surface area (Å²) in [5.74, 6) is 0.986. The second kappa shape index (κ2) is 3.17. The first-order chi connectivity index (χ1) is 6.25. The predicted molar refractivity (Wildman–Crippen MR) is 51.3 cm³/mol. The van der Waals surface area contributed by atoms with E-state index in [1.165, 1.54) is 0 Å². The Labute approximate surface area is 77.3 Å². The summed E-state index contributed by atoms with van der Waals surface area (Å²) >= 11 is 0. The van der Waals surface area contributed by atoms with Gasteiger partial charge in [-0.05, 0) is 19.1 Å². The highest BCUT2D eigenvalue weighted by atomic mass is 16.5. The molecule has 1 aromatic rings. The van der Waals surface area contributed by atoms with E-state index in [2.05, 4.69) is 5.32 Å². The number of anilines is 1. The topological polar surface area (TPSA) is 41.5 Å². The summed E-state index contributed by atoms with van der Waals surface area (Å²) in [4.78, 5) is 0. The second-order valence-electron chi connectivity index (χ2n) is 3.32. The van der Waals surface area contributed by atoms with Crippen molar-refractivity contribution in [2.24, 2.45) is 0 Å². The Morgan fingerprint density at radius 2 is 2.38 bits per heavy atom. The quantitative estimate of drug-likeness (QED) is 0.598. The third-order valence-electron chi connectivity index (χ3n) is 2.16. The van der Waals surface area contributed by atoms with E-state index in [0.29, 0.717) is 0 Å². The van der Waals surface area contributed by atoms with Crippen molar-refractivity contribution in [3.05, 3.63) is 18.2 Å². The third-order valence-corrected chi connectivity index (χ3v) is 2.16. The fourth-order valence-electron chi connectivity index (χ4n) is 1.44. The van der Waals surface area contributed by atoms with E-state index in [4.69, 9.17) is 4.74 Å². The molecule has 1 atom stereocenters. The number of nitrogens with one attached hydrogen (secondary N) is 1. The number of hydrogen-bond donors (Lipinski definition) is 2. The van der Waals surface area contributed by atoms with Crippen molar-refractivity contribution in [1.82, 2.24) is 0 Å². The van der Waals surface area contributed by atoms with Crippen molar-refractivity contribution < 1.29 is 9.84 Å². The first-order valence-corrected chi connectivity index (χ1v) is 4.49. The summed E-state index contributed by atoms with van der Waals surface area (Å²) in [7, 11) is 0. The molecular weight excluding hydrogens is 166 g/mol. The summed E-state index contributed by atoms with van der Waals surface area (Å²) in [6.07, 6.45) is 1.19. The maximum Gasteiger partial charge on any atom is 0.146 e. The fourth-order valence-corrected chi connectivity index (χ4v) is 1.44. The van der Waals surface area contributed by atoms with Gasteiger partial charge in [-0.2, -0.15) is 0 Å². The minimum absolute atomic E-state index is 0.204. The molecule has 0 radical (unpaired) electrons. The highest BCUT2D eigenvalue weighted by Gasteiger charge is 2.13. The van der Waals surface area contributed by atoms with E-state index in [1.54, 1.807) is 12.1 Å². The van der Waals surface area contributed by atoms with E-state index < -0.39 is 0 Å². The molecule has 2 rings (SSSR count). The van der Waals surface area contributed by atoms with Crippen LogP contribution in [-0.2, 0) is 0 Å². The zero-order chi connectivity index (χ0) is 9.26. The molecule has 0 spiro atoms. The van der Waals surface area contributed by atoms with Gasteiger partial charge in [-0.1, -0.05) is 0 Å². The highest BCUT2D eigenvalue weighted by Crippen LogP contribution is 2.31. The Bertz CT molecular complexity index is 312. The molecule has 2 N–H and O–H groups in total. The number of phenols is 1. The van der Waals surface area contributed by atoms with Crippen LogP contribution in [0.1, 0.15) is 13.3 Å². The highest BCUT2D eigenvalue weighted by molar-refractivity contribution is 5.59. The summed E-state index contributed by atoms with van der Waals surface area (Å²) < 4.78 is 5.62. The zero-order valence-electron chi connectivity index (χ0n) is 7.58. The molecular formula is C10H13NO2. The Morgan fingerprint density at radius 3 is 3.23 bits per heavy atom. The average molecular weight is 179 g/mol. The predicted octanol–water partition coefficient (Wildman–Crippen LogP) is 1.98. The Balaban J connectivity index is 2.35. The smallest absolute Gasteiger partial charge is 0.146 e. The van der Waals surface area contributed by atoms with Gasteiger partial charge in [-0.15, -0.1) is 0 Å². The number of rotatable bonds is 0. The number of phenolic OH excluding ortho intramolecular Hbond substituents is 1. The molecule has 0 aromatic heterocycles. The summed E-state index contributed by atoms with van der Waals surface area (Å²) in [5.41, 5.74) is 0.960. The number of hydrogen-bond acceptors (Lipinski definition) is 3. The second-order valence-corrected chi connectivity index (χ2v) is 3.32. The third kappa shape index (κ3) is 1.69. The molecule has 13 heavy (non-hydrogen) atoms. The van der Waals surface area contributed by atoms with Gasteiger partial charge >= 0.3 is 0 Å². The van der Waals surface area contributed by atoms with Gasteiger partial charge in [0, 0.05) is 19.0 Å². The Morgan fingerprint density at radius 1 is 1.54 bits per heavy atom. The number of fused-ring (bicyclic) bond motifs is 1. The van der Waals surface area contributed by atoms with Crippen LogP contribution in [0.15, 0.2) is 18.2 Å². The van der Waals surface area contributed by atoms with Crippen LogP contribution in [-0.4, -0.2) is 17.8 Å². The summed E-state index contributed by atoms with van der Waals surface area (Å²) in [6.45, 7) is 2.94. The van der Waals surface area contributed by atoms with Gasteiger partial charge in [0.05, 0.1) is 11.8 Å². The lowest BCUT2D eigenvalue weighted by Crippen LogP contribution is -2.11. The standard InChI is InChI=1S/C10H13NO2/c1-7-4-5-11-9-3-2-8(12)6-10(9)13-7/h2-3,6-7,11-12H,4-5H2,1H3/t7-/m1/s1. The molecule has 1 aliphatic rings. The van der Waals surface area contributed by atoms with Crippen molar-refractivity contribution in [3.8, 4) is 11.5 Å². The zero-order valence-corrected chi connectivity index (χ0v) is 7.58. The van der Waals surface area contributed by atoms with Crippen LogP contribution in [0.4, 0.5) is 5.69 Å². The van der Waals surface area contributed by atoms with Crippen molar-refractivity contribution >= 4 is 5.69 Å². The van der Waals surface area contributed by atoms with Crippen molar-refractivity contribution in [2.75, 3.05) is 11.9 Å². The SMILES string of the molecule is C[C@@H]1CCNc2ccc(O)cc2O1. The molecule has 0 bridgehead atoms. The van der Waals surface area contributed by atoms with Gasteiger partial charge in [0.15, 0.2) is 0 Å². The molecule has 0 amide bonds. The largest absolute Gasteiger partial charge is 0.508 e. The molecule has 1 aromatic carbocycles. The lowest BCUT2D eigenvalue weighted by Gasteiger charge is -2.11. The van der Waals surface area contributed by atoms with Crippen molar-refractivity contribution in [1.29, 1.82) is 0 Å². The van der Waals surface area contributed by atoms with Crippen LogP contribution in [0.2, 0.25) is 0 Å². The van der Waals surface area contributed by atoms with Crippen LogP contribution < -0.4 is 10.1 Å². The molecule has 3 nitrogen and oxygen atoms in total. The summed E-state index contributed by atoms with van der Waals surface area (Å²) in [5, 5.41) is 12.5. The van der Waals surface area contributed by atoms with E-state index >= 15 is 0 Å². The maximum atomic E-state index is 9.26. The van der Waals surface area contributed by atoms with E-state index in [1.807, 2.05) is 13.0 Å². The number of aromatic hydroxyl groups is 1. The van der Waals surface area contributed by atoms with E-state index in [9.17, 15) is 5.11 Å². The number of benzene rings is 1. The molecule has 70 valence electrons. The van der Waals surface area contributed by atoms with Crippen LogP contribution >= 0.6 is 0 Å². The van der Waals surface area contributed by atoms with Gasteiger partial charge < -0.3 is 15.2 Å². The normalized spacial score (nSPS) is 20.8. The van der Waals surface area contributed by atoms with Gasteiger partial charge in [0.1, 0.15) is 11.5 Å². The minimum atomic E-state index is 0.204. The molecule has 1 heterocycles. The molecule has 0 unspecified atom stereocenters. The van der Waals surface area contributed by atoms with Crippen LogP contribution in [0.5, 0.6) is 11.5 Å². The van der Waals surface area contributed by atoms with Gasteiger partial charge in [-0.3, -0.25) is 0 Å². The summed E-state index contributed by atoms with van der Waals surface area (Å²) in [6, 6.07) is 5.14. The molecule has 0 saturated heterocycles. The van der Waals surface area contributed by atoms with E-state index in [0.717, 1.165) is 24.4 Å². The first-order valence-electron chi connectivity index (χ1n) is 4.49. The fraction of sp³-hybridized carbons (Fsp3) is 0.400. The lowest BCUT2D eigenvalue weighted by atomic mass is 10.3. The lowest BCUT2D eigenvalue weighted by molar-refractivity contribution is 0.221. The van der Waals surface area contributed by atoms with Crippen LogP contribution in [0.25, 0.3) is 0 Å². The van der Waals surface area contributed by atoms with Gasteiger partial charge in [0.2, 0.25) is 0 Å². The molecule has 0 aliphatic carbocycles. The van der Waals surface area contributed by atoms with E-state index in [-0.39, 0.29) is 11.9 Å². The van der Waals surface area contributed by atoms with Gasteiger partial charge in [0.25, 0.3) is 0 Å². The monoisotopic (exact) mass is 179 g/mol. The molecule has 0 saturated carbocycles. The Hall–Kier alpha value is -1.38. The molecule has 0 fully saturated rings. The van der Waals surface area contributed by atoms with Crippen LogP contribution in [0, 0.1) is 0 Å². The average Bonchev–Trinajstić information content (AvgIpc) is 2.25. The van der Waals surface area contributed by atoms with Crippen molar-refractivity contribution in [3.63, 3.8) is 0 Å². The molecule has 3 heteroatoms. The Kier molecular flexibility index (Phi) is 2.00. The minimum Gasteiger partial charge on any atom is -0.508 e. The van der Waals surface area contributed by atoms with Crippen LogP contribution in [0.3, 0.4) is 0 Å². The first kappa shape index (κ1) is 8.23. The van der Waals surface area contributed by atoms with Gasteiger partial charge in [-0.25, -0.2) is 0 Å². The maximum absolute atomic E-state index is 9.26.